The average Bonchev–Trinajstić information content (AvgIpc) is 3.74. The van der Waals surface area contributed by atoms with E-state index in [-0.39, 0.29) is 18.2 Å². The van der Waals surface area contributed by atoms with Crippen molar-refractivity contribution < 1.29 is 19.5 Å². The Morgan fingerprint density at radius 1 is 0.980 bits per heavy atom. The number of piperidine rings is 3. The molecule has 1 aliphatic carbocycles. The first-order valence-corrected chi connectivity index (χ1v) is 18.3. The van der Waals surface area contributed by atoms with Gasteiger partial charge in [0.05, 0.1) is 5.60 Å². The molecule has 2 bridgehead atoms. The van der Waals surface area contributed by atoms with Gasteiger partial charge >= 0.3 is 0 Å². The zero-order valence-electron chi connectivity index (χ0n) is 28.9. The van der Waals surface area contributed by atoms with Crippen molar-refractivity contribution >= 4 is 40.4 Å². The Balaban J connectivity index is 0.789. The molecule has 3 unspecified atom stereocenters. The van der Waals surface area contributed by atoms with E-state index < -0.39 is 17.6 Å². The quantitative estimate of drug-likeness (QED) is 0.249. The number of benzene rings is 2. The molecule has 0 radical (unpaired) electrons. The minimum absolute atomic E-state index is 0.195. The monoisotopic (exact) mass is 688 g/mol. The second-order valence-corrected chi connectivity index (χ2v) is 15.3. The van der Waals surface area contributed by atoms with Gasteiger partial charge in [-0.15, -0.1) is 0 Å². The number of anilines is 2. The summed E-state index contributed by atoms with van der Waals surface area (Å²) >= 11 is 0. The lowest BCUT2D eigenvalue weighted by atomic mass is 9.83. The minimum atomic E-state index is -0.971. The highest BCUT2D eigenvalue weighted by Gasteiger charge is 2.43. The van der Waals surface area contributed by atoms with E-state index in [0.29, 0.717) is 49.2 Å². The van der Waals surface area contributed by atoms with Gasteiger partial charge in [-0.05, 0) is 84.9 Å². The van der Waals surface area contributed by atoms with Crippen LogP contribution in [0.2, 0.25) is 0 Å². The van der Waals surface area contributed by atoms with E-state index in [4.69, 9.17) is 4.98 Å². The SMILES string of the molecule is Cn1ccc2cnc(NC3C4CCC3CN(c3ccc(CN5CCC(O)(c6ccc7c(c6)CN(C6CCC(=O)NC6=O)C7=O)CC5)cc3)C4)nc21. The van der Waals surface area contributed by atoms with E-state index in [1.165, 1.54) is 24.1 Å². The average molecular weight is 689 g/mol. The molecule has 9 rings (SSSR count). The number of hydrogen-bond donors (Lipinski definition) is 3. The third-order valence-corrected chi connectivity index (χ3v) is 12.2. The molecule has 4 fully saturated rings. The lowest BCUT2D eigenvalue weighted by molar-refractivity contribution is -0.136. The summed E-state index contributed by atoms with van der Waals surface area (Å²) in [6.45, 7) is 4.72. The number of amides is 3. The van der Waals surface area contributed by atoms with Crippen LogP contribution in [0, 0.1) is 11.8 Å². The summed E-state index contributed by atoms with van der Waals surface area (Å²) in [6, 6.07) is 16.4. The molecule has 2 aromatic carbocycles. The lowest BCUT2D eigenvalue weighted by Gasteiger charge is -2.40. The smallest absolute Gasteiger partial charge is 0.255 e. The summed E-state index contributed by atoms with van der Waals surface area (Å²) in [5.74, 6) is 0.926. The zero-order chi connectivity index (χ0) is 34.9. The third-order valence-electron chi connectivity index (χ3n) is 12.2. The normalized spacial score (nSPS) is 26.1. The Labute approximate surface area is 296 Å². The molecule has 3 atom stereocenters. The Morgan fingerprint density at radius 3 is 2.49 bits per heavy atom. The van der Waals surface area contributed by atoms with Gasteiger partial charge in [0.1, 0.15) is 11.7 Å². The van der Waals surface area contributed by atoms with Crippen molar-refractivity contribution in [1.82, 2.24) is 29.7 Å². The van der Waals surface area contributed by atoms with Gasteiger partial charge in [-0.3, -0.25) is 24.6 Å². The fourth-order valence-electron chi connectivity index (χ4n) is 9.24. The first kappa shape index (κ1) is 32.1. The van der Waals surface area contributed by atoms with Crippen LogP contribution >= 0.6 is 0 Å². The number of aromatic nitrogens is 3. The third kappa shape index (κ3) is 5.84. The van der Waals surface area contributed by atoms with Gasteiger partial charge < -0.3 is 24.8 Å². The van der Waals surface area contributed by atoms with Crippen molar-refractivity contribution in [2.45, 2.75) is 69.3 Å². The summed E-state index contributed by atoms with van der Waals surface area (Å²) in [7, 11) is 2.02. The van der Waals surface area contributed by atoms with Crippen LogP contribution in [0.3, 0.4) is 0 Å². The molecule has 3 N–H and O–H groups in total. The van der Waals surface area contributed by atoms with Gasteiger partial charge in [-0.2, -0.15) is 4.98 Å². The fourth-order valence-corrected chi connectivity index (χ4v) is 9.24. The number of carbonyl (C=O) groups excluding carboxylic acids is 3. The van der Waals surface area contributed by atoms with E-state index in [1.807, 2.05) is 42.2 Å². The molecule has 6 heterocycles. The maximum atomic E-state index is 13.1. The van der Waals surface area contributed by atoms with Crippen molar-refractivity contribution in [3.63, 3.8) is 0 Å². The Hall–Kier alpha value is -4.81. The van der Waals surface area contributed by atoms with Crippen LogP contribution in [0.25, 0.3) is 11.0 Å². The zero-order valence-corrected chi connectivity index (χ0v) is 28.9. The van der Waals surface area contributed by atoms with Crippen molar-refractivity contribution in [3.8, 4) is 0 Å². The summed E-state index contributed by atoms with van der Waals surface area (Å²) in [5, 5.41) is 18.9. The number of nitrogens with one attached hydrogen (secondary N) is 2. The van der Waals surface area contributed by atoms with Gasteiger partial charge in [0.25, 0.3) is 5.91 Å². The highest BCUT2D eigenvalue weighted by atomic mass is 16.3. The van der Waals surface area contributed by atoms with E-state index in [1.54, 1.807) is 11.0 Å². The molecule has 12 nitrogen and oxygen atoms in total. The van der Waals surface area contributed by atoms with Gasteiger partial charge in [0.2, 0.25) is 17.8 Å². The molecule has 2 aromatic heterocycles. The van der Waals surface area contributed by atoms with Crippen LogP contribution in [0.15, 0.2) is 60.9 Å². The number of fused-ring (bicyclic) bond motifs is 4. The van der Waals surface area contributed by atoms with E-state index in [0.717, 1.165) is 60.8 Å². The van der Waals surface area contributed by atoms with Crippen LogP contribution in [0.1, 0.15) is 65.6 Å². The van der Waals surface area contributed by atoms with Gasteiger partial charge in [0, 0.05) is 87.8 Å². The molecule has 4 aliphatic heterocycles. The molecule has 51 heavy (non-hydrogen) atoms. The second-order valence-electron chi connectivity index (χ2n) is 15.3. The molecular formula is C39H44N8O4. The Bertz CT molecular complexity index is 2010. The predicted molar refractivity (Wildman–Crippen MR) is 192 cm³/mol. The number of aryl methyl sites for hydroxylation is 1. The summed E-state index contributed by atoms with van der Waals surface area (Å²) in [4.78, 5) is 53.1. The molecule has 4 aromatic rings. The molecular weight excluding hydrogens is 644 g/mol. The van der Waals surface area contributed by atoms with Crippen LogP contribution in [-0.4, -0.2) is 85.4 Å². The molecule has 1 saturated carbocycles. The topological polar surface area (TPSA) is 136 Å². The first-order chi connectivity index (χ1) is 24.7. The second kappa shape index (κ2) is 12.4. The maximum Gasteiger partial charge on any atom is 0.255 e. The highest BCUT2D eigenvalue weighted by molar-refractivity contribution is 6.05. The predicted octanol–water partition coefficient (Wildman–Crippen LogP) is 3.54. The van der Waals surface area contributed by atoms with Crippen molar-refractivity contribution in [3.05, 3.63) is 83.2 Å². The molecule has 264 valence electrons. The number of likely N-dealkylation sites (tertiary alicyclic amines) is 1. The summed E-state index contributed by atoms with van der Waals surface area (Å²) in [6.07, 6.45) is 8.13. The van der Waals surface area contributed by atoms with Crippen molar-refractivity contribution in [2.75, 3.05) is 36.4 Å². The lowest BCUT2D eigenvalue weighted by Crippen LogP contribution is -2.52. The minimum Gasteiger partial charge on any atom is -0.385 e. The fraction of sp³-hybridized carbons (Fsp3) is 0.462. The van der Waals surface area contributed by atoms with Gasteiger partial charge in [-0.25, -0.2) is 4.98 Å². The summed E-state index contributed by atoms with van der Waals surface area (Å²) in [5.41, 5.74) is 4.73. The van der Waals surface area contributed by atoms with Crippen LogP contribution < -0.4 is 15.5 Å². The number of rotatable bonds is 7. The number of hydrogen-bond acceptors (Lipinski definition) is 9. The molecule has 5 aliphatic rings. The summed E-state index contributed by atoms with van der Waals surface area (Å²) < 4.78 is 2.04. The highest BCUT2D eigenvalue weighted by Crippen LogP contribution is 2.41. The maximum absolute atomic E-state index is 13.1. The van der Waals surface area contributed by atoms with Crippen LogP contribution in [-0.2, 0) is 35.3 Å². The number of nitrogens with zero attached hydrogens (tertiary/aromatic N) is 6. The Kier molecular flexibility index (Phi) is 7.84. The molecule has 3 saturated heterocycles. The van der Waals surface area contributed by atoms with Crippen LogP contribution in [0.5, 0.6) is 0 Å². The number of aliphatic hydroxyl groups is 1. The van der Waals surface area contributed by atoms with Crippen molar-refractivity contribution in [2.24, 2.45) is 18.9 Å². The number of imide groups is 1. The van der Waals surface area contributed by atoms with E-state index in [9.17, 15) is 19.5 Å². The van der Waals surface area contributed by atoms with Crippen molar-refractivity contribution in [1.29, 1.82) is 0 Å². The van der Waals surface area contributed by atoms with Gasteiger partial charge in [-0.1, -0.05) is 24.3 Å². The van der Waals surface area contributed by atoms with E-state index >= 15 is 0 Å². The molecule has 3 amide bonds. The van der Waals surface area contributed by atoms with Gasteiger partial charge in [0.15, 0.2) is 0 Å². The molecule has 0 spiro atoms. The van der Waals surface area contributed by atoms with Crippen LogP contribution in [0.4, 0.5) is 11.6 Å². The molecule has 12 heteroatoms. The number of carbonyl (C=O) groups is 3. The standard InChI is InChI=1S/C39H44N8O4/c1-44-15-12-25-19-40-38(43-35(25)44)42-34-26-4-5-27(34)22-46(21-26)30-7-2-24(3-8-30)20-45-16-13-39(51,14-17-45)29-6-9-31-28(18-29)23-47(37(31)50)32-10-11-33(48)41-36(32)49/h2-3,6-9,12,15,18-19,26-27,32,34,51H,4-5,10-11,13-14,16-17,20-23H2,1H3,(H,40,42,43)(H,41,48,49). The first-order valence-electron chi connectivity index (χ1n) is 18.3. The Morgan fingerprint density at radius 2 is 1.75 bits per heavy atom. The van der Waals surface area contributed by atoms with E-state index in [2.05, 4.69) is 49.7 Å². The largest absolute Gasteiger partial charge is 0.385 e.